The average Bonchev–Trinajstić information content (AvgIpc) is 3.75. The maximum absolute atomic E-state index is 2.78. The van der Waals surface area contributed by atoms with Crippen LogP contribution in [0, 0.1) is 35.5 Å². The molecule has 4 aliphatic carbocycles. The van der Waals surface area contributed by atoms with Gasteiger partial charge in [-0.1, -0.05) is 112 Å². The standard InChI is InChI=1S/C36H52S2Si/c1-3-9-31(10-4-1)33-19-15-29(16-20-33)23-27-39(35-13-7-25-37-35,36-14-8-26-38-36)28-24-30-17-21-34(22-18-30)32-11-5-2-6-12-32/h7-8,13-14,23-34H,1-6,9-12,15-22H2. The normalized spacial score (nSPS) is 30.4. The molecule has 0 aromatic carbocycles. The van der Waals surface area contributed by atoms with Gasteiger partial charge in [-0.3, -0.25) is 0 Å². The second-order valence-corrected chi connectivity index (χ2v) is 19.8. The predicted molar refractivity (Wildman–Crippen MR) is 176 cm³/mol. The van der Waals surface area contributed by atoms with Crippen molar-refractivity contribution in [2.45, 2.75) is 116 Å². The van der Waals surface area contributed by atoms with Crippen LogP contribution >= 0.6 is 22.7 Å². The third kappa shape index (κ3) is 6.95. The van der Waals surface area contributed by atoms with Gasteiger partial charge in [0.15, 0.2) is 8.07 Å². The van der Waals surface area contributed by atoms with Gasteiger partial charge in [0.1, 0.15) is 0 Å². The van der Waals surface area contributed by atoms with Crippen molar-refractivity contribution in [2.24, 2.45) is 35.5 Å². The molecule has 6 rings (SSSR count). The Labute approximate surface area is 248 Å². The zero-order valence-corrected chi connectivity index (χ0v) is 26.9. The summed E-state index contributed by atoms with van der Waals surface area (Å²) in [6, 6.07) is 9.49. The molecule has 0 atom stereocenters. The summed E-state index contributed by atoms with van der Waals surface area (Å²) < 4.78 is 3.26. The van der Waals surface area contributed by atoms with Crippen molar-refractivity contribution >= 4 is 39.7 Å². The molecule has 2 aromatic rings. The first-order chi connectivity index (χ1) is 19.3. The Morgan fingerprint density at radius 3 is 1.23 bits per heavy atom. The summed E-state index contributed by atoms with van der Waals surface area (Å²) in [5, 5.41) is 4.63. The smallest absolute Gasteiger partial charge is 0.152 e. The van der Waals surface area contributed by atoms with E-state index in [-0.39, 0.29) is 0 Å². The minimum absolute atomic E-state index is 0.788. The maximum atomic E-state index is 2.78. The quantitative estimate of drug-likeness (QED) is 0.274. The van der Waals surface area contributed by atoms with Gasteiger partial charge in [-0.05, 0) is 97.6 Å². The van der Waals surface area contributed by atoms with Crippen LogP contribution in [0.5, 0.6) is 0 Å². The number of allylic oxidation sites excluding steroid dienone is 2. The molecular weight excluding hydrogens is 525 g/mol. The van der Waals surface area contributed by atoms with E-state index in [0.717, 1.165) is 35.5 Å². The Morgan fingerprint density at radius 1 is 0.487 bits per heavy atom. The van der Waals surface area contributed by atoms with E-state index < -0.39 is 8.07 Å². The van der Waals surface area contributed by atoms with E-state index >= 15 is 0 Å². The Balaban J connectivity index is 1.16. The van der Waals surface area contributed by atoms with Crippen LogP contribution in [0.3, 0.4) is 0 Å². The highest BCUT2D eigenvalue weighted by Crippen LogP contribution is 2.42. The minimum atomic E-state index is -2.03. The molecule has 0 unspecified atom stereocenters. The lowest BCUT2D eigenvalue weighted by Crippen LogP contribution is -2.53. The number of rotatable bonds is 8. The second-order valence-electron chi connectivity index (χ2n) is 13.7. The Kier molecular flexibility index (Phi) is 10.0. The molecule has 2 heterocycles. The third-order valence-electron chi connectivity index (χ3n) is 11.4. The Morgan fingerprint density at radius 2 is 0.872 bits per heavy atom. The lowest BCUT2D eigenvalue weighted by atomic mass is 9.71. The fourth-order valence-corrected chi connectivity index (χ4v) is 16.4. The molecule has 0 nitrogen and oxygen atoms in total. The van der Waals surface area contributed by atoms with Crippen LogP contribution in [0.1, 0.15) is 116 Å². The van der Waals surface area contributed by atoms with Crippen LogP contribution in [0.4, 0.5) is 0 Å². The molecule has 2 aromatic heterocycles. The van der Waals surface area contributed by atoms with Crippen LogP contribution < -0.4 is 9.00 Å². The molecular formula is C36H52S2Si. The summed E-state index contributed by atoms with van der Waals surface area (Å²) in [7, 11) is -2.03. The molecule has 4 aliphatic rings. The molecule has 0 spiro atoms. The zero-order valence-electron chi connectivity index (χ0n) is 24.3. The highest BCUT2D eigenvalue weighted by molar-refractivity contribution is 7.38. The summed E-state index contributed by atoms with van der Waals surface area (Å²) in [5.41, 5.74) is 5.56. The van der Waals surface area contributed by atoms with Crippen LogP contribution in [0.2, 0.25) is 0 Å². The second kappa shape index (κ2) is 13.8. The molecule has 212 valence electrons. The highest BCUT2D eigenvalue weighted by atomic mass is 32.1. The number of hydrogen-bond acceptors (Lipinski definition) is 2. The van der Waals surface area contributed by atoms with E-state index in [1.165, 1.54) is 116 Å². The fraction of sp³-hybridized carbons (Fsp3) is 0.667. The average molecular weight is 577 g/mol. The van der Waals surface area contributed by atoms with Crippen LogP contribution in [0.15, 0.2) is 58.6 Å². The number of hydrogen-bond donors (Lipinski definition) is 0. The molecule has 0 amide bonds. The van der Waals surface area contributed by atoms with Gasteiger partial charge in [-0.15, -0.1) is 0 Å². The molecule has 3 heteroatoms. The van der Waals surface area contributed by atoms with E-state index in [0.29, 0.717) is 0 Å². The van der Waals surface area contributed by atoms with Gasteiger partial charge in [-0.25, -0.2) is 0 Å². The molecule has 0 N–H and O–H groups in total. The van der Waals surface area contributed by atoms with Crippen molar-refractivity contribution in [1.29, 1.82) is 0 Å². The van der Waals surface area contributed by atoms with Gasteiger partial charge in [0.25, 0.3) is 0 Å². The minimum Gasteiger partial charge on any atom is -0.152 e. The maximum Gasteiger partial charge on any atom is 0.187 e. The van der Waals surface area contributed by atoms with E-state index in [2.05, 4.69) is 58.6 Å². The summed E-state index contributed by atoms with van der Waals surface area (Å²) in [5.74, 6) is 5.72. The monoisotopic (exact) mass is 576 g/mol. The lowest BCUT2D eigenvalue weighted by molar-refractivity contribution is 0.180. The van der Waals surface area contributed by atoms with E-state index in [1.54, 1.807) is 9.00 Å². The first-order valence-corrected chi connectivity index (χ1v) is 20.7. The van der Waals surface area contributed by atoms with Gasteiger partial charge < -0.3 is 0 Å². The lowest BCUT2D eigenvalue weighted by Gasteiger charge is -2.36. The SMILES string of the molecule is C(=C[Si](C=CC1CCC(C2CCCCC2)CC1)(c1cccs1)c1cccs1)C1CCC(C2CCCCC2)CC1. The molecule has 4 saturated carbocycles. The highest BCUT2D eigenvalue weighted by Gasteiger charge is 2.36. The molecule has 39 heavy (non-hydrogen) atoms. The van der Waals surface area contributed by atoms with Gasteiger partial charge in [0.05, 0.1) is 0 Å². The zero-order chi connectivity index (χ0) is 26.3. The van der Waals surface area contributed by atoms with Gasteiger partial charge in [0.2, 0.25) is 0 Å². The van der Waals surface area contributed by atoms with Gasteiger partial charge in [-0.2, -0.15) is 22.7 Å². The van der Waals surface area contributed by atoms with Gasteiger partial charge >= 0.3 is 0 Å². The first kappa shape index (κ1) is 28.2. The molecule has 4 fully saturated rings. The molecule has 0 saturated heterocycles. The van der Waals surface area contributed by atoms with Crippen molar-refractivity contribution < 1.29 is 0 Å². The van der Waals surface area contributed by atoms with Crippen LogP contribution in [0.25, 0.3) is 0 Å². The summed E-state index contributed by atoms with van der Waals surface area (Å²) in [6.45, 7) is 0. The van der Waals surface area contributed by atoms with Crippen molar-refractivity contribution in [3.63, 3.8) is 0 Å². The molecule has 0 bridgehead atoms. The van der Waals surface area contributed by atoms with Crippen molar-refractivity contribution in [2.75, 3.05) is 0 Å². The van der Waals surface area contributed by atoms with E-state index in [4.69, 9.17) is 0 Å². The van der Waals surface area contributed by atoms with Gasteiger partial charge in [0, 0.05) is 9.00 Å². The first-order valence-electron chi connectivity index (χ1n) is 16.8. The van der Waals surface area contributed by atoms with Crippen molar-refractivity contribution in [1.82, 2.24) is 0 Å². The summed E-state index contributed by atoms with van der Waals surface area (Å²) in [6.07, 6.45) is 32.1. The number of thiophene rings is 2. The fourth-order valence-electron chi connectivity index (χ4n) is 8.94. The third-order valence-corrected chi connectivity index (χ3v) is 18.9. The summed E-state index contributed by atoms with van der Waals surface area (Å²) in [4.78, 5) is 0. The van der Waals surface area contributed by atoms with Crippen LogP contribution in [-0.4, -0.2) is 8.07 Å². The van der Waals surface area contributed by atoms with Crippen molar-refractivity contribution in [3.05, 3.63) is 58.6 Å². The predicted octanol–water partition coefficient (Wildman–Crippen LogP) is 10.3. The van der Waals surface area contributed by atoms with Crippen LogP contribution in [-0.2, 0) is 0 Å². The summed E-state index contributed by atoms with van der Waals surface area (Å²) >= 11 is 4.01. The van der Waals surface area contributed by atoms with E-state index in [9.17, 15) is 0 Å². The Hall–Kier alpha value is -0.903. The Bertz CT molecular complexity index is 922. The van der Waals surface area contributed by atoms with Crippen molar-refractivity contribution in [3.8, 4) is 0 Å². The molecule has 0 aliphatic heterocycles. The molecule has 0 radical (unpaired) electrons. The largest absolute Gasteiger partial charge is 0.187 e. The topological polar surface area (TPSA) is 0 Å². The van der Waals surface area contributed by atoms with E-state index in [1.807, 2.05) is 22.7 Å².